The number of aromatic amines is 1. The number of H-pyrrole nitrogens is 1. The van der Waals surface area contributed by atoms with E-state index in [0.29, 0.717) is 38.1 Å². The highest BCUT2D eigenvalue weighted by atomic mass is 16.5. The first kappa shape index (κ1) is 16.3. The Kier molecular flexibility index (Phi) is 5.00. The standard InChI is InChI=1S/C17H20N4O3/c1-12-2-3-13(9-18-12)17(23)21-6-7-24-15(10-21)5-4-14-8-16(22)20-11-19-14/h2-3,8-9,11,15H,4-7,10H2,1H3,(H,19,20,22). The maximum absolute atomic E-state index is 12.5. The predicted octanol–water partition coefficient (Wildman–Crippen LogP) is 0.947. The molecule has 1 atom stereocenters. The van der Waals surface area contributed by atoms with E-state index in [0.717, 1.165) is 11.4 Å². The van der Waals surface area contributed by atoms with Crippen molar-refractivity contribution in [3.63, 3.8) is 0 Å². The van der Waals surface area contributed by atoms with E-state index in [1.54, 1.807) is 17.2 Å². The van der Waals surface area contributed by atoms with Gasteiger partial charge in [0.25, 0.3) is 11.5 Å². The van der Waals surface area contributed by atoms with Crippen LogP contribution >= 0.6 is 0 Å². The second-order valence-corrected chi connectivity index (χ2v) is 5.87. The summed E-state index contributed by atoms with van der Waals surface area (Å²) in [4.78, 5) is 36.4. The van der Waals surface area contributed by atoms with E-state index in [9.17, 15) is 9.59 Å². The molecule has 7 nitrogen and oxygen atoms in total. The maximum atomic E-state index is 12.5. The van der Waals surface area contributed by atoms with Gasteiger partial charge in [-0.3, -0.25) is 14.6 Å². The van der Waals surface area contributed by atoms with E-state index >= 15 is 0 Å². The number of aromatic nitrogens is 3. The van der Waals surface area contributed by atoms with Crippen LogP contribution in [0.2, 0.25) is 0 Å². The van der Waals surface area contributed by atoms with E-state index < -0.39 is 0 Å². The number of hydrogen-bond acceptors (Lipinski definition) is 5. The van der Waals surface area contributed by atoms with Crippen molar-refractivity contribution in [3.05, 3.63) is 58.0 Å². The number of rotatable bonds is 4. The number of pyridine rings is 1. The third kappa shape index (κ3) is 4.05. The molecule has 2 aromatic heterocycles. The van der Waals surface area contributed by atoms with Crippen molar-refractivity contribution < 1.29 is 9.53 Å². The molecule has 24 heavy (non-hydrogen) atoms. The summed E-state index contributed by atoms with van der Waals surface area (Å²) in [6.45, 7) is 3.52. The third-order valence-corrected chi connectivity index (χ3v) is 4.04. The highest BCUT2D eigenvalue weighted by Gasteiger charge is 2.25. The fourth-order valence-corrected chi connectivity index (χ4v) is 2.71. The summed E-state index contributed by atoms with van der Waals surface area (Å²) in [5.41, 5.74) is 2.05. The van der Waals surface area contributed by atoms with Crippen LogP contribution in [-0.2, 0) is 11.2 Å². The molecular weight excluding hydrogens is 308 g/mol. The molecule has 2 aromatic rings. The zero-order valence-corrected chi connectivity index (χ0v) is 13.6. The van der Waals surface area contributed by atoms with Gasteiger partial charge in [0, 0.05) is 36.7 Å². The summed E-state index contributed by atoms with van der Waals surface area (Å²) in [5, 5.41) is 0. The zero-order valence-electron chi connectivity index (χ0n) is 13.6. The van der Waals surface area contributed by atoms with E-state index in [-0.39, 0.29) is 17.6 Å². The SMILES string of the molecule is Cc1ccc(C(=O)N2CCOC(CCc3cc(=O)[nH]cn3)C2)cn1. The minimum Gasteiger partial charge on any atom is -0.375 e. The van der Waals surface area contributed by atoms with Crippen LogP contribution in [0.4, 0.5) is 0 Å². The summed E-state index contributed by atoms with van der Waals surface area (Å²) >= 11 is 0. The van der Waals surface area contributed by atoms with Gasteiger partial charge in [0.1, 0.15) is 0 Å². The average Bonchev–Trinajstić information content (AvgIpc) is 2.60. The summed E-state index contributed by atoms with van der Waals surface area (Å²) in [6.07, 6.45) is 4.32. The van der Waals surface area contributed by atoms with Gasteiger partial charge in [-0.1, -0.05) is 0 Å². The molecule has 1 aliphatic heterocycles. The monoisotopic (exact) mass is 328 g/mol. The van der Waals surface area contributed by atoms with Gasteiger partial charge in [-0.25, -0.2) is 4.98 Å². The van der Waals surface area contributed by atoms with Gasteiger partial charge >= 0.3 is 0 Å². The Labute approximate surface area is 139 Å². The largest absolute Gasteiger partial charge is 0.375 e. The van der Waals surface area contributed by atoms with Gasteiger partial charge in [-0.05, 0) is 31.9 Å². The molecule has 1 saturated heterocycles. The lowest BCUT2D eigenvalue weighted by Gasteiger charge is -2.33. The van der Waals surface area contributed by atoms with Crippen LogP contribution in [0.15, 0.2) is 35.5 Å². The summed E-state index contributed by atoms with van der Waals surface area (Å²) in [7, 11) is 0. The van der Waals surface area contributed by atoms with Gasteiger partial charge in [0.2, 0.25) is 0 Å². The van der Waals surface area contributed by atoms with Crippen LogP contribution in [0.3, 0.4) is 0 Å². The van der Waals surface area contributed by atoms with Gasteiger partial charge in [-0.15, -0.1) is 0 Å². The minimum atomic E-state index is -0.159. The summed E-state index contributed by atoms with van der Waals surface area (Å²) in [6, 6.07) is 5.13. The number of nitrogens with one attached hydrogen (secondary N) is 1. The second-order valence-electron chi connectivity index (χ2n) is 5.87. The zero-order chi connectivity index (χ0) is 16.9. The molecule has 3 heterocycles. The van der Waals surface area contributed by atoms with Gasteiger partial charge in [-0.2, -0.15) is 0 Å². The van der Waals surface area contributed by atoms with Crippen molar-refractivity contribution in [2.45, 2.75) is 25.9 Å². The van der Waals surface area contributed by atoms with Crippen LogP contribution in [0.1, 0.15) is 28.2 Å². The molecule has 1 amide bonds. The fourth-order valence-electron chi connectivity index (χ4n) is 2.71. The van der Waals surface area contributed by atoms with E-state index in [1.165, 1.54) is 12.4 Å². The molecule has 1 fully saturated rings. The van der Waals surface area contributed by atoms with Crippen molar-refractivity contribution in [2.75, 3.05) is 19.7 Å². The molecule has 0 spiro atoms. The lowest BCUT2D eigenvalue weighted by atomic mass is 10.1. The van der Waals surface area contributed by atoms with Crippen molar-refractivity contribution in [1.82, 2.24) is 19.9 Å². The lowest BCUT2D eigenvalue weighted by Crippen LogP contribution is -2.45. The number of carbonyl (C=O) groups is 1. The number of carbonyl (C=O) groups excluding carboxylic acids is 1. The molecule has 0 aliphatic carbocycles. The number of morpholine rings is 1. The highest BCUT2D eigenvalue weighted by molar-refractivity contribution is 5.94. The van der Waals surface area contributed by atoms with Gasteiger partial charge in [0.05, 0.1) is 24.6 Å². The fraction of sp³-hybridized carbons (Fsp3) is 0.412. The van der Waals surface area contributed by atoms with Gasteiger partial charge in [0.15, 0.2) is 0 Å². The minimum absolute atomic E-state index is 0.0231. The molecular formula is C17H20N4O3. The summed E-state index contributed by atoms with van der Waals surface area (Å²) in [5.74, 6) is -0.0231. The third-order valence-electron chi connectivity index (χ3n) is 4.04. The van der Waals surface area contributed by atoms with Crippen molar-refractivity contribution in [1.29, 1.82) is 0 Å². The Morgan fingerprint density at radius 3 is 3.04 bits per heavy atom. The molecule has 126 valence electrons. The first-order valence-electron chi connectivity index (χ1n) is 7.99. The van der Waals surface area contributed by atoms with E-state index in [1.807, 2.05) is 13.0 Å². The topological polar surface area (TPSA) is 88.2 Å². The Hall–Kier alpha value is -2.54. The van der Waals surface area contributed by atoms with Crippen LogP contribution in [0.5, 0.6) is 0 Å². The number of amides is 1. The molecule has 1 aliphatic rings. The van der Waals surface area contributed by atoms with Crippen LogP contribution in [0, 0.1) is 6.92 Å². The van der Waals surface area contributed by atoms with Crippen LogP contribution in [0.25, 0.3) is 0 Å². The van der Waals surface area contributed by atoms with Crippen molar-refractivity contribution in [3.8, 4) is 0 Å². The average molecular weight is 328 g/mol. The molecule has 0 aromatic carbocycles. The Balaban J connectivity index is 1.58. The molecule has 1 unspecified atom stereocenters. The molecule has 7 heteroatoms. The quantitative estimate of drug-likeness (QED) is 0.903. The Morgan fingerprint density at radius 2 is 2.29 bits per heavy atom. The highest BCUT2D eigenvalue weighted by Crippen LogP contribution is 2.14. The van der Waals surface area contributed by atoms with Gasteiger partial charge < -0.3 is 14.6 Å². The molecule has 1 N–H and O–H groups in total. The number of aryl methyl sites for hydroxylation is 2. The first-order valence-corrected chi connectivity index (χ1v) is 7.99. The number of nitrogens with zero attached hydrogens (tertiary/aromatic N) is 3. The lowest BCUT2D eigenvalue weighted by molar-refractivity contribution is -0.0247. The van der Waals surface area contributed by atoms with E-state index in [2.05, 4.69) is 15.0 Å². The molecule has 0 radical (unpaired) electrons. The van der Waals surface area contributed by atoms with Crippen molar-refractivity contribution >= 4 is 5.91 Å². The van der Waals surface area contributed by atoms with E-state index in [4.69, 9.17) is 4.74 Å². The summed E-state index contributed by atoms with van der Waals surface area (Å²) < 4.78 is 5.74. The molecule has 0 saturated carbocycles. The molecule has 0 bridgehead atoms. The van der Waals surface area contributed by atoms with Crippen LogP contribution in [-0.4, -0.2) is 51.6 Å². The van der Waals surface area contributed by atoms with Crippen LogP contribution < -0.4 is 5.56 Å². The Morgan fingerprint density at radius 1 is 1.42 bits per heavy atom. The maximum Gasteiger partial charge on any atom is 0.255 e. The molecule has 3 rings (SSSR count). The normalized spacial score (nSPS) is 17.7. The number of ether oxygens (including phenoxy) is 1. The second kappa shape index (κ2) is 7.35. The first-order chi connectivity index (χ1) is 11.6. The van der Waals surface area contributed by atoms with Crippen molar-refractivity contribution in [2.24, 2.45) is 0 Å². The smallest absolute Gasteiger partial charge is 0.255 e. The number of hydrogen-bond donors (Lipinski definition) is 1. The Bertz CT molecular complexity index is 757. The predicted molar refractivity (Wildman–Crippen MR) is 87.8 cm³/mol.